The molecule has 3 heteroatoms. The topological polar surface area (TPSA) is 26.3 Å². The molecule has 1 aromatic heterocycles. The van der Waals surface area contributed by atoms with E-state index in [0.717, 1.165) is 11.3 Å². The Hall–Kier alpha value is -1.19. The van der Waals surface area contributed by atoms with E-state index < -0.39 is 0 Å². The average molecular weight is 218 g/mol. The molecule has 0 saturated heterocycles. The standard InChI is InChI=1S/C12H10O2S/c13-10-7-14-6-5-9-8-3-1-2-4-11(8)15-12(9)10/h1-4H,5-7H2. The van der Waals surface area contributed by atoms with Crippen LogP contribution in [0.15, 0.2) is 24.3 Å². The van der Waals surface area contributed by atoms with Crippen molar-refractivity contribution in [2.24, 2.45) is 0 Å². The lowest BCUT2D eigenvalue weighted by atomic mass is 10.1. The predicted octanol–water partition coefficient (Wildman–Crippen LogP) is 2.66. The number of benzene rings is 1. The number of ketones is 1. The van der Waals surface area contributed by atoms with Gasteiger partial charge >= 0.3 is 0 Å². The monoisotopic (exact) mass is 218 g/mol. The largest absolute Gasteiger partial charge is 0.373 e. The number of thiophene rings is 1. The normalized spacial score (nSPS) is 16.4. The van der Waals surface area contributed by atoms with Gasteiger partial charge in [-0.05, 0) is 23.4 Å². The van der Waals surface area contributed by atoms with Crippen LogP contribution in [-0.2, 0) is 11.2 Å². The summed E-state index contributed by atoms with van der Waals surface area (Å²) in [6.07, 6.45) is 0.852. The lowest BCUT2D eigenvalue weighted by Crippen LogP contribution is -2.04. The van der Waals surface area contributed by atoms with Gasteiger partial charge in [0.25, 0.3) is 0 Å². The van der Waals surface area contributed by atoms with Crippen LogP contribution in [-0.4, -0.2) is 19.0 Å². The number of hydrogen-bond donors (Lipinski definition) is 0. The van der Waals surface area contributed by atoms with Gasteiger partial charge < -0.3 is 4.74 Å². The van der Waals surface area contributed by atoms with E-state index in [1.54, 1.807) is 11.3 Å². The Morgan fingerprint density at radius 3 is 3.07 bits per heavy atom. The summed E-state index contributed by atoms with van der Waals surface area (Å²) in [6.45, 7) is 0.888. The molecule has 0 radical (unpaired) electrons. The number of rotatable bonds is 0. The van der Waals surface area contributed by atoms with Crippen molar-refractivity contribution in [1.29, 1.82) is 0 Å². The van der Waals surface area contributed by atoms with E-state index in [0.29, 0.717) is 6.61 Å². The Bertz CT molecular complexity index is 527. The minimum Gasteiger partial charge on any atom is -0.373 e. The number of hydrogen-bond acceptors (Lipinski definition) is 3. The second kappa shape index (κ2) is 3.43. The van der Waals surface area contributed by atoms with E-state index in [4.69, 9.17) is 4.74 Å². The fourth-order valence-corrected chi connectivity index (χ4v) is 3.15. The van der Waals surface area contributed by atoms with Crippen LogP contribution < -0.4 is 0 Å². The van der Waals surface area contributed by atoms with Crippen molar-refractivity contribution in [2.75, 3.05) is 13.2 Å². The summed E-state index contributed by atoms with van der Waals surface area (Å²) in [7, 11) is 0. The first-order valence-corrected chi connectivity index (χ1v) is 5.79. The van der Waals surface area contributed by atoms with Gasteiger partial charge in [-0.1, -0.05) is 18.2 Å². The van der Waals surface area contributed by atoms with Crippen LogP contribution in [0.1, 0.15) is 15.2 Å². The first-order chi connectivity index (χ1) is 7.36. The van der Waals surface area contributed by atoms with Crippen LogP contribution in [0.4, 0.5) is 0 Å². The summed E-state index contributed by atoms with van der Waals surface area (Å²) >= 11 is 1.59. The van der Waals surface area contributed by atoms with Gasteiger partial charge in [0.15, 0.2) is 5.78 Å². The summed E-state index contributed by atoms with van der Waals surface area (Å²) in [5.41, 5.74) is 1.18. The fourth-order valence-electron chi connectivity index (χ4n) is 1.98. The highest BCUT2D eigenvalue weighted by atomic mass is 32.1. The van der Waals surface area contributed by atoms with Gasteiger partial charge in [-0.2, -0.15) is 0 Å². The number of carbonyl (C=O) groups excluding carboxylic acids is 1. The van der Waals surface area contributed by atoms with E-state index in [2.05, 4.69) is 12.1 Å². The molecule has 2 aromatic rings. The molecule has 1 aromatic carbocycles. The van der Waals surface area contributed by atoms with Gasteiger partial charge in [0.2, 0.25) is 0 Å². The average Bonchev–Trinajstić information content (AvgIpc) is 2.54. The molecule has 0 bridgehead atoms. The summed E-state index contributed by atoms with van der Waals surface area (Å²) < 4.78 is 6.46. The maximum atomic E-state index is 11.8. The highest BCUT2D eigenvalue weighted by Crippen LogP contribution is 2.33. The molecule has 0 amide bonds. The van der Waals surface area contributed by atoms with Gasteiger partial charge in [-0.25, -0.2) is 0 Å². The SMILES string of the molecule is O=C1COCCc2c1sc1ccccc21. The first kappa shape index (κ1) is 9.07. The molecule has 76 valence electrons. The molecule has 0 fully saturated rings. The van der Waals surface area contributed by atoms with Crippen molar-refractivity contribution >= 4 is 27.2 Å². The molecule has 15 heavy (non-hydrogen) atoms. The van der Waals surface area contributed by atoms with E-state index in [1.807, 2.05) is 12.1 Å². The number of Topliss-reactive ketones (excluding diaryl/α,β-unsaturated/α-hetero) is 1. The van der Waals surface area contributed by atoms with Crippen molar-refractivity contribution in [3.8, 4) is 0 Å². The first-order valence-electron chi connectivity index (χ1n) is 4.97. The molecule has 0 saturated carbocycles. The fraction of sp³-hybridized carbons (Fsp3) is 0.250. The second-order valence-electron chi connectivity index (χ2n) is 3.63. The van der Waals surface area contributed by atoms with Crippen LogP contribution in [0.3, 0.4) is 0 Å². The smallest absolute Gasteiger partial charge is 0.198 e. The number of ether oxygens (including phenoxy) is 1. The van der Waals surface area contributed by atoms with Crippen LogP contribution in [0.2, 0.25) is 0 Å². The Labute approximate surface area is 91.5 Å². The zero-order valence-electron chi connectivity index (χ0n) is 8.16. The molecule has 0 unspecified atom stereocenters. The van der Waals surface area contributed by atoms with Crippen LogP contribution >= 0.6 is 11.3 Å². The zero-order valence-corrected chi connectivity index (χ0v) is 8.97. The van der Waals surface area contributed by atoms with E-state index in [9.17, 15) is 4.79 Å². The minimum absolute atomic E-state index is 0.128. The maximum Gasteiger partial charge on any atom is 0.198 e. The molecule has 1 aliphatic rings. The lowest BCUT2D eigenvalue weighted by molar-refractivity contribution is 0.0791. The maximum absolute atomic E-state index is 11.8. The highest BCUT2D eigenvalue weighted by molar-refractivity contribution is 7.21. The molecule has 0 spiro atoms. The van der Waals surface area contributed by atoms with Crippen molar-refractivity contribution in [3.63, 3.8) is 0 Å². The second-order valence-corrected chi connectivity index (χ2v) is 4.68. The van der Waals surface area contributed by atoms with Gasteiger partial charge in [-0.15, -0.1) is 11.3 Å². The van der Waals surface area contributed by atoms with Crippen LogP contribution in [0.5, 0.6) is 0 Å². The summed E-state index contributed by atoms with van der Waals surface area (Å²) in [5.74, 6) is 0.128. The third-order valence-corrected chi connectivity index (χ3v) is 3.94. The van der Waals surface area contributed by atoms with Crippen molar-refractivity contribution < 1.29 is 9.53 Å². The van der Waals surface area contributed by atoms with Crippen LogP contribution in [0.25, 0.3) is 10.1 Å². The molecule has 2 heterocycles. The van der Waals surface area contributed by atoms with E-state index >= 15 is 0 Å². The lowest BCUT2D eigenvalue weighted by Gasteiger charge is -1.96. The Balaban J connectivity index is 2.30. The quantitative estimate of drug-likeness (QED) is 0.679. The zero-order chi connectivity index (χ0) is 10.3. The van der Waals surface area contributed by atoms with Gasteiger partial charge in [0, 0.05) is 4.70 Å². The summed E-state index contributed by atoms with van der Waals surface area (Å²) in [6, 6.07) is 8.19. The summed E-state index contributed by atoms with van der Waals surface area (Å²) in [4.78, 5) is 12.7. The minimum atomic E-state index is 0.128. The Kier molecular flexibility index (Phi) is 2.08. The Morgan fingerprint density at radius 2 is 2.13 bits per heavy atom. The summed E-state index contributed by atoms with van der Waals surface area (Å²) in [5, 5.41) is 1.22. The van der Waals surface area contributed by atoms with Crippen LogP contribution in [0, 0.1) is 0 Å². The van der Waals surface area contributed by atoms with Gasteiger partial charge in [0.1, 0.15) is 6.61 Å². The molecule has 0 N–H and O–H groups in total. The van der Waals surface area contributed by atoms with E-state index in [1.165, 1.54) is 15.6 Å². The Morgan fingerprint density at radius 1 is 1.27 bits per heavy atom. The molecule has 0 atom stereocenters. The van der Waals surface area contributed by atoms with Crippen molar-refractivity contribution in [3.05, 3.63) is 34.7 Å². The molecule has 3 rings (SSSR count). The molecular weight excluding hydrogens is 208 g/mol. The third kappa shape index (κ3) is 1.39. The number of carbonyl (C=O) groups is 1. The third-order valence-electron chi connectivity index (χ3n) is 2.68. The number of fused-ring (bicyclic) bond motifs is 3. The molecule has 0 aliphatic carbocycles. The van der Waals surface area contributed by atoms with Crippen molar-refractivity contribution in [2.45, 2.75) is 6.42 Å². The molecule has 2 nitrogen and oxygen atoms in total. The van der Waals surface area contributed by atoms with E-state index in [-0.39, 0.29) is 12.4 Å². The molecular formula is C12H10O2S. The highest BCUT2D eigenvalue weighted by Gasteiger charge is 2.20. The van der Waals surface area contributed by atoms with Gasteiger partial charge in [-0.3, -0.25) is 4.79 Å². The molecule has 1 aliphatic heterocycles. The van der Waals surface area contributed by atoms with Gasteiger partial charge in [0.05, 0.1) is 11.5 Å². The van der Waals surface area contributed by atoms with Crippen molar-refractivity contribution in [1.82, 2.24) is 0 Å². The predicted molar refractivity (Wildman–Crippen MR) is 60.7 cm³/mol.